The fourth-order valence-corrected chi connectivity index (χ4v) is 5.36. The Morgan fingerprint density at radius 1 is 0.909 bits per heavy atom. The minimum atomic E-state index is -0.563. The van der Waals surface area contributed by atoms with E-state index in [9.17, 15) is 4.79 Å². The van der Waals surface area contributed by atoms with Crippen molar-refractivity contribution in [1.82, 2.24) is 4.90 Å². The molecule has 0 radical (unpaired) electrons. The summed E-state index contributed by atoms with van der Waals surface area (Å²) in [6.07, 6.45) is 4.89. The Balaban J connectivity index is 1.75. The van der Waals surface area contributed by atoms with Crippen molar-refractivity contribution in [2.24, 2.45) is 5.41 Å². The molecule has 2 heterocycles. The van der Waals surface area contributed by atoms with Crippen molar-refractivity contribution >= 4 is 27.5 Å². The third kappa shape index (κ3) is 3.82. The molecule has 1 unspecified atom stereocenters. The minimum Gasteiger partial charge on any atom is -0.493 e. The number of hydrogen-bond acceptors (Lipinski definition) is 5. The topological polar surface area (TPSA) is 48.0 Å². The highest BCUT2D eigenvalue weighted by molar-refractivity contribution is 6.12. The van der Waals surface area contributed by atoms with E-state index in [4.69, 9.17) is 14.2 Å². The zero-order valence-corrected chi connectivity index (χ0v) is 20.3. The summed E-state index contributed by atoms with van der Waals surface area (Å²) in [6.45, 7) is 7.73. The van der Waals surface area contributed by atoms with E-state index in [0.29, 0.717) is 17.5 Å². The molecule has 2 aliphatic rings. The van der Waals surface area contributed by atoms with Gasteiger partial charge in [-0.2, -0.15) is 0 Å². The van der Waals surface area contributed by atoms with E-state index in [1.165, 1.54) is 41.2 Å². The van der Waals surface area contributed by atoms with Gasteiger partial charge in [-0.3, -0.25) is 9.69 Å². The average molecular weight is 448 g/mol. The number of carbonyl (C=O) groups is 1. The summed E-state index contributed by atoms with van der Waals surface area (Å²) in [4.78, 5) is 15.2. The van der Waals surface area contributed by atoms with Crippen LogP contribution in [0.2, 0.25) is 0 Å². The summed E-state index contributed by atoms with van der Waals surface area (Å²) in [5.74, 6) is 1.79. The summed E-state index contributed by atoms with van der Waals surface area (Å²) >= 11 is 0. The van der Waals surface area contributed by atoms with Crippen LogP contribution in [-0.4, -0.2) is 37.7 Å². The zero-order chi connectivity index (χ0) is 23.3. The van der Waals surface area contributed by atoms with Crippen molar-refractivity contribution in [2.75, 3.05) is 20.8 Å². The first-order valence-corrected chi connectivity index (χ1v) is 11.9. The molecule has 0 N–H and O–H groups in total. The molecule has 1 fully saturated rings. The Labute approximate surface area is 195 Å². The predicted molar refractivity (Wildman–Crippen MR) is 131 cm³/mol. The number of rotatable bonds is 3. The van der Waals surface area contributed by atoms with Crippen LogP contribution in [0.3, 0.4) is 0 Å². The summed E-state index contributed by atoms with van der Waals surface area (Å²) in [5.41, 5.74) is 2.24. The van der Waals surface area contributed by atoms with Gasteiger partial charge in [0.05, 0.1) is 19.6 Å². The Hall–Kier alpha value is -2.79. The van der Waals surface area contributed by atoms with Gasteiger partial charge >= 0.3 is 5.97 Å². The van der Waals surface area contributed by atoms with E-state index in [1.54, 1.807) is 14.2 Å². The van der Waals surface area contributed by atoms with E-state index in [2.05, 4.69) is 23.1 Å². The molecule has 0 bridgehead atoms. The number of benzene rings is 3. The first kappa shape index (κ1) is 22.0. The van der Waals surface area contributed by atoms with E-state index < -0.39 is 5.41 Å². The minimum absolute atomic E-state index is 0.237. The number of hydrogen-bond donors (Lipinski definition) is 0. The first-order valence-electron chi connectivity index (χ1n) is 11.9. The molecule has 3 aromatic rings. The number of esters is 1. The van der Waals surface area contributed by atoms with Crippen LogP contribution in [0.1, 0.15) is 51.2 Å². The van der Waals surface area contributed by atoms with Gasteiger partial charge < -0.3 is 14.2 Å². The van der Waals surface area contributed by atoms with Crippen LogP contribution in [0.15, 0.2) is 30.3 Å². The highest BCUT2D eigenvalue weighted by Gasteiger charge is 2.31. The maximum atomic E-state index is 12.5. The Morgan fingerprint density at radius 3 is 2.30 bits per heavy atom. The molecule has 5 nitrogen and oxygen atoms in total. The molecule has 1 saturated heterocycles. The maximum absolute atomic E-state index is 12.5. The van der Waals surface area contributed by atoms with Crippen LogP contribution in [-0.2, 0) is 17.8 Å². The molecule has 3 aromatic carbocycles. The Bertz CT molecular complexity index is 1240. The molecule has 2 aliphatic heterocycles. The second-order valence-electron chi connectivity index (χ2n) is 10.4. The molecule has 174 valence electrons. The van der Waals surface area contributed by atoms with E-state index in [1.807, 2.05) is 32.9 Å². The SMILES string of the molecule is COc1cc2c3c(c4ccc(OC(=O)C(C)(C)C)cc4c2cc1OC)CN1CCCCC1C3. The molecule has 5 heteroatoms. The number of ether oxygens (including phenoxy) is 3. The summed E-state index contributed by atoms with van der Waals surface area (Å²) in [6, 6.07) is 10.9. The van der Waals surface area contributed by atoms with Crippen molar-refractivity contribution in [1.29, 1.82) is 0 Å². The monoisotopic (exact) mass is 447 g/mol. The Kier molecular flexibility index (Phi) is 5.48. The van der Waals surface area contributed by atoms with E-state index in [0.717, 1.165) is 36.0 Å². The van der Waals surface area contributed by atoms with Crippen LogP contribution >= 0.6 is 0 Å². The van der Waals surface area contributed by atoms with Gasteiger partial charge in [-0.05, 0) is 104 Å². The standard InChI is InChI=1S/C28H33NO4/c1-28(2,3)27(30)33-18-9-10-19-21(13-18)23-15-26(32-5)25(31-4)14-22(23)20-12-17-8-6-7-11-29(17)16-24(19)20/h9-10,13-15,17H,6-8,11-12,16H2,1-5H3. The van der Waals surface area contributed by atoms with Gasteiger partial charge in [0.25, 0.3) is 0 Å². The largest absolute Gasteiger partial charge is 0.493 e. The number of carbonyl (C=O) groups excluding carboxylic acids is 1. The molecule has 33 heavy (non-hydrogen) atoms. The van der Waals surface area contributed by atoms with Gasteiger partial charge in [-0.1, -0.05) is 12.5 Å². The number of methoxy groups -OCH3 is 2. The number of fused-ring (bicyclic) bond motifs is 7. The summed E-state index contributed by atoms with van der Waals surface area (Å²) < 4.78 is 17.1. The zero-order valence-electron chi connectivity index (χ0n) is 20.3. The molecule has 0 amide bonds. The van der Waals surface area contributed by atoms with E-state index >= 15 is 0 Å². The van der Waals surface area contributed by atoms with Crippen molar-refractivity contribution in [3.63, 3.8) is 0 Å². The lowest BCUT2D eigenvalue weighted by Crippen LogP contribution is -2.43. The predicted octanol–water partition coefficient (Wildman–Crippen LogP) is 5.87. The average Bonchev–Trinajstić information content (AvgIpc) is 2.81. The second kappa shape index (κ2) is 8.21. The summed E-state index contributed by atoms with van der Waals surface area (Å²) in [5, 5.41) is 4.63. The quantitative estimate of drug-likeness (QED) is 0.285. The molecule has 5 rings (SSSR count). The molecular weight excluding hydrogens is 414 g/mol. The van der Waals surface area contributed by atoms with Crippen molar-refractivity contribution in [3.05, 3.63) is 41.5 Å². The van der Waals surface area contributed by atoms with Gasteiger partial charge in [-0.15, -0.1) is 0 Å². The van der Waals surface area contributed by atoms with E-state index in [-0.39, 0.29) is 5.97 Å². The van der Waals surface area contributed by atoms with Crippen molar-refractivity contribution < 1.29 is 19.0 Å². The fraction of sp³-hybridized carbons (Fsp3) is 0.464. The van der Waals surface area contributed by atoms with Crippen LogP contribution in [0, 0.1) is 5.41 Å². The van der Waals surface area contributed by atoms with Gasteiger partial charge in [0.1, 0.15) is 5.75 Å². The van der Waals surface area contributed by atoms with Gasteiger partial charge in [0, 0.05) is 12.6 Å². The molecular formula is C28H33NO4. The molecule has 1 atom stereocenters. The smallest absolute Gasteiger partial charge is 0.316 e. The summed E-state index contributed by atoms with van der Waals surface area (Å²) in [7, 11) is 3.35. The van der Waals surface area contributed by atoms with Gasteiger partial charge in [0.2, 0.25) is 0 Å². The van der Waals surface area contributed by atoms with Crippen LogP contribution in [0.4, 0.5) is 0 Å². The lowest BCUT2D eigenvalue weighted by atomic mass is 9.82. The molecule has 0 aliphatic carbocycles. The maximum Gasteiger partial charge on any atom is 0.316 e. The Morgan fingerprint density at radius 2 is 1.61 bits per heavy atom. The van der Waals surface area contributed by atoms with Crippen molar-refractivity contribution in [2.45, 2.75) is 59.0 Å². The highest BCUT2D eigenvalue weighted by Crippen LogP contribution is 2.44. The third-order valence-electron chi connectivity index (χ3n) is 7.19. The molecule has 0 spiro atoms. The lowest BCUT2D eigenvalue weighted by molar-refractivity contribution is -0.142. The normalized spacial score (nSPS) is 18.6. The van der Waals surface area contributed by atoms with Crippen molar-refractivity contribution in [3.8, 4) is 17.2 Å². The fourth-order valence-electron chi connectivity index (χ4n) is 5.36. The number of piperidine rings is 1. The lowest BCUT2D eigenvalue weighted by Gasteiger charge is -2.41. The van der Waals surface area contributed by atoms with Crippen LogP contribution < -0.4 is 14.2 Å². The second-order valence-corrected chi connectivity index (χ2v) is 10.4. The van der Waals surface area contributed by atoms with Crippen LogP contribution in [0.25, 0.3) is 21.5 Å². The molecule has 0 saturated carbocycles. The third-order valence-corrected chi connectivity index (χ3v) is 7.19. The van der Waals surface area contributed by atoms with Gasteiger partial charge in [0.15, 0.2) is 11.5 Å². The highest BCUT2D eigenvalue weighted by atomic mass is 16.5. The first-order chi connectivity index (χ1) is 15.8. The van der Waals surface area contributed by atoms with Gasteiger partial charge in [-0.25, -0.2) is 0 Å². The van der Waals surface area contributed by atoms with Crippen LogP contribution in [0.5, 0.6) is 17.2 Å². The molecule has 0 aromatic heterocycles. The number of nitrogens with zero attached hydrogens (tertiary/aromatic N) is 1.